The molecule has 10 rings (SSSR count). The van der Waals surface area contributed by atoms with Crippen molar-refractivity contribution >= 4 is 22.2 Å². The van der Waals surface area contributed by atoms with Gasteiger partial charge >= 0.3 is 0 Å². The Hall–Kier alpha value is -7.30. The normalized spacial score (nSPS) is 13.2. The van der Waals surface area contributed by atoms with E-state index in [0.29, 0.717) is 34.4 Å². The van der Waals surface area contributed by atoms with Crippen LogP contribution in [0.1, 0.15) is 33.4 Å². The molecule has 8 aromatic rings. The van der Waals surface area contributed by atoms with Crippen molar-refractivity contribution in [3.05, 3.63) is 228 Å². The minimum atomic E-state index is -0.520. The molecule has 0 fully saturated rings. The topological polar surface area (TPSA) is 66.2 Å². The first kappa shape index (κ1) is 32.4. The Bertz CT molecular complexity index is 2790. The third-order valence-electron chi connectivity index (χ3n) is 10.9. The van der Waals surface area contributed by atoms with E-state index in [-0.39, 0.29) is 0 Å². The van der Waals surface area contributed by atoms with Crippen molar-refractivity contribution in [1.29, 1.82) is 10.8 Å². The quantitative estimate of drug-likeness (QED) is 0.162. The highest BCUT2D eigenvalue weighted by atomic mass is 16.6. The van der Waals surface area contributed by atoms with Crippen LogP contribution in [0.2, 0.25) is 0 Å². The van der Waals surface area contributed by atoms with Crippen LogP contribution in [0, 0.1) is 10.8 Å². The summed E-state index contributed by atoms with van der Waals surface area (Å²) >= 11 is 0. The molecule has 0 radical (unpaired) electrons. The molecule has 2 N–H and O–H groups in total. The zero-order chi connectivity index (χ0) is 36.9. The molecule has 0 aromatic heterocycles. The number of nitrogens with one attached hydrogen (secondary N) is 2. The minimum Gasteiger partial charge on any atom is -0.450 e. The highest BCUT2D eigenvalue weighted by Crippen LogP contribution is 2.59. The van der Waals surface area contributed by atoms with Crippen LogP contribution in [0.15, 0.2) is 194 Å². The Morgan fingerprint density at radius 2 is 1.04 bits per heavy atom. The first-order valence-corrected chi connectivity index (χ1v) is 18.4. The third-order valence-corrected chi connectivity index (χ3v) is 10.9. The van der Waals surface area contributed by atoms with E-state index in [1.807, 2.05) is 84.9 Å². The lowest BCUT2D eigenvalue weighted by molar-refractivity contribution is 0.359. The second-order valence-corrected chi connectivity index (χ2v) is 14.0. The zero-order valence-corrected chi connectivity index (χ0v) is 29.8. The van der Waals surface area contributed by atoms with Gasteiger partial charge in [-0.25, -0.2) is 0 Å². The third kappa shape index (κ3) is 5.30. The van der Waals surface area contributed by atoms with Gasteiger partial charge in [-0.1, -0.05) is 158 Å². The Morgan fingerprint density at radius 3 is 1.82 bits per heavy atom. The van der Waals surface area contributed by atoms with Gasteiger partial charge < -0.3 is 20.3 Å². The molecule has 8 aromatic carbocycles. The maximum Gasteiger partial charge on any atom is 0.170 e. The molecule has 1 heterocycles. The first-order valence-electron chi connectivity index (χ1n) is 18.4. The van der Waals surface area contributed by atoms with Gasteiger partial charge in [0.1, 0.15) is 0 Å². The molecule has 0 bridgehead atoms. The summed E-state index contributed by atoms with van der Waals surface area (Å²) in [5.74, 6) is 2.68. The molecule has 0 saturated heterocycles. The van der Waals surface area contributed by atoms with E-state index in [1.54, 1.807) is 12.2 Å². The fraction of sp³-hybridized carbons (Fsp3) is 0.0196. The van der Waals surface area contributed by atoms with Crippen LogP contribution in [-0.4, -0.2) is 11.4 Å². The Morgan fingerprint density at radius 1 is 0.436 bits per heavy atom. The lowest BCUT2D eigenvalue weighted by Crippen LogP contribution is -2.28. The average molecular weight is 707 g/mol. The predicted molar refractivity (Wildman–Crippen MR) is 223 cm³/mol. The number of ether oxygens (including phenoxy) is 2. The van der Waals surface area contributed by atoms with Crippen molar-refractivity contribution in [3.63, 3.8) is 0 Å². The number of hydrogen-bond donors (Lipinski definition) is 2. The van der Waals surface area contributed by atoms with Gasteiger partial charge in [0.25, 0.3) is 0 Å². The summed E-state index contributed by atoms with van der Waals surface area (Å²) in [4.78, 5) is 0. The maximum absolute atomic E-state index is 8.72. The number of benzene rings is 8. The maximum atomic E-state index is 8.72. The molecule has 1 aliphatic heterocycles. The van der Waals surface area contributed by atoms with Crippen molar-refractivity contribution < 1.29 is 9.47 Å². The zero-order valence-electron chi connectivity index (χ0n) is 29.8. The van der Waals surface area contributed by atoms with Crippen LogP contribution < -0.4 is 9.47 Å². The second kappa shape index (κ2) is 13.0. The summed E-state index contributed by atoms with van der Waals surface area (Å²) < 4.78 is 13.3. The van der Waals surface area contributed by atoms with Crippen molar-refractivity contribution in [2.24, 2.45) is 0 Å². The molecule has 0 unspecified atom stereocenters. The number of rotatable bonds is 7. The molecule has 260 valence electrons. The molecular formula is C51H34N2O2. The molecule has 1 aliphatic carbocycles. The summed E-state index contributed by atoms with van der Waals surface area (Å²) in [7, 11) is 0. The summed E-state index contributed by atoms with van der Waals surface area (Å²) in [6.45, 7) is 0. The van der Waals surface area contributed by atoms with Gasteiger partial charge in [0.05, 0.1) is 16.8 Å². The molecule has 0 spiro atoms. The Kier molecular flexibility index (Phi) is 7.63. The van der Waals surface area contributed by atoms with E-state index in [9.17, 15) is 0 Å². The van der Waals surface area contributed by atoms with Crippen molar-refractivity contribution in [2.75, 3.05) is 0 Å². The van der Waals surface area contributed by atoms with Gasteiger partial charge in [-0.3, -0.25) is 0 Å². The van der Waals surface area contributed by atoms with E-state index in [2.05, 4.69) is 97.1 Å². The smallest absolute Gasteiger partial charge is 0.170 e. The van der Waals surface area contributed by atoms with Crippen LogP contribution in [0.5, 0.6) is 23.0 Å². The molecule has 0 saturated carbocycles. The van der Waals surface area contributed by atoms with Gasteiger partial charge in [0.2, 0.25) is 0 Å². The van der Waals surface area contributed by atoms with E-state index in [4.69, 9.17) is 20.3 Å². The van der Waals surface area contributed by atoms with Crippen LogP contribution in [0.3, 0.4) is 0 Å². The van der Waals surface area contributed by atoms with Crippen molar-refractivity contribution in [1.82, 2.24) is 0 Å². The van der Waals surface area contributed by atoms with Crippen LogP contribution in [-0.2, 0) is 5.41 Å². The van der Waals surface area contributed by atoms with E-state index >= 15 is 0 Å². The van der Waals surface area contributed by atoms with E-state index in [0.717, 1.165) is 38.6 Å². The molecule has 2 aliphatic rings. The van der Waals surface area contributed by atoms with Gasteiger partial charge in [-0.2, -0.15) is 0 Å². The fourth-order valence-corrected chi connectivity index (χ4v) is 8.35. The molecule has 0 amide bonds. The van der Waals surface area contributed by atoms with E-state index in [1.165, 1.54) is 27.8 Å². The van der Waals surface area contributed by atoms with Crippen LogP contribution in [0.4, 0.5) is 0 Å². The minimum absolute atomic E-state index is 0.341. The molecule has 4 nitrogen and oxygen atoms in total. The molecule has 0 atom stereocenters. The van der Waals surface area contributed by atoms with Gasteiger partial charge in [-0.05, 0) is 97.3 Å². The highest BCUT2D eigenvalue weighted by molar-refractivity contribution is 6.18. The first-order chi connectivity index (χ1) is 27.1. The Balaban J connectivity index is 0.943. The molecule has 55 heavy (non-hydrogen) atoms. The van der Waals surface area contributed by atoms with Gasteiger partial charge in [0.15, 0.2) is 23.0 Å². The van der Waals surface area contributed by atoms with Crippen LogP contribution in [0.25, 0.3) is 33.0 Å². The molecular weight excluding hydrogens is 673 g/mol. The number of fused-ring (bicyclic) bond motifs is 6. The highest BCUT2D eigenvalue weighted by Gasteiger charge is 2.47. The monoisotopic (exact) mass is 706 g/mol. The number of allylic oxidation sites excluding steroid dienone is 2. The summed E-state index contributed by atoms with van der Waals surface area (Å²) in [6.07, 6.45) is 3.40. The SMILES string of the molecule is N=C(/C=C\C(=N)c1cccc2ccccc12)c1ccc(-c2ccc3c(c2)Oc2cc4c(cc2O3)C(c2ccccc2)(c2ccccc2)c2ccccc2-4)cc1. The predicted octanol–water partition coefficient (Wildman–Crippen LogP) is 12.8. The van der Waals surface area contributed by atoms with Crippen molar-refractivity contribution in [2.45, 2.75) is 5.41 Å². The van der Waals surface area contributed by atoms with Gasteiger partial charge in [-0.15, -0.1) is 0 Å². The van der Waals surface area contributed by atoms with Crippen molar-refractivity contribution in [3.8, 4) is 45.3 Å². The molecule has 4 heteroatoms. The summed E-state index contributed by atoms with van der Waals surface area (Å²) in [5.41, 5.74) is 10.9. The lowest BCUT2D eigenvalue weighted by Gasteiger charge is -2.34. The van der Waals surface area contributed by atoms with E-state index < -0.39 is 5.41 Å². The van der Waals surface area contributed by atoms with Gasteiger partial charge in [0, 0.05) is 5.56 Å². The second-order valence-electron chi connectivity index (χ2n) is 14.0. The summed E-state index contributed by atoms with van der Waals surface area (Å²) in [5, 5.41) is 19.5. The average Bonchev–Trinajstić information content (AvgIpc) is 3.54. The largest absolute Gasteiger partial charge is 0.450 e. The summed E-state index contributed by atoms with van der Waals surface area (Å²) in [6, 6.07) is 62.5. The number of hydrogen-bond acceptors (Lipinski definition) is 4. The fourth-order valence-electron chi connectivity index (χ4n) is 8.35. The standard InChI is InChI=1S/C51H34N2O2/c52-45(27-28-46(53)41-20-11-13-34-12-7-8-18-39(34)41)35-24-22-33(23-25-35)36-26-29-47-48(30-36)55-49-31-42-40-19-9-10-21-43(40)51(37-14-3-1-4-15-37,38-16-5-2-6-17-38)44(42)32-50(49)54-47/h1-32,52-53H/b28-27-,52-45?,53-46?. The van der Waals surface area contributed by atoms with Crippen LogP contribution >= 0.6 is 0 Å². The Labute approximate surface area is 319 Å². The lowest BCUT2D eigenvalue weighted by atomic mass is 9.67.